The minimum absolute atomic E-state index is 0.0359. The molecular weight excluding hydrogens is 708 g/mol. The van der Waals surface area contributed by atoms with Gasteiger partial charge in [-0.25, -0.2) is 13.1 Å². The molecular formula is C42H57ClN4O5S. The molecule has 2 bridgehead atoms. The zero-order valence-corrected chi connectivity index (χ0v) is 33.3. The first kappa shape index (κ1) is 37.3. The monoisotopic (exact) mass is 764 g/mol. The summed E-state index contributed by atoms with van der Waals surface area (Å²) in [6, 6.07) is 12.3. The van der Waals surface area contributed by atoms with Gasteiger partial charge in [-0.1, -0.05) is 50.1 Å². The van der Waals surface area contributed by atoms with E-state index in [0.717, 1.165) is 87.8 Å². The Hall–Kier alpha value is -2.63. The maximum atomic E-state index is 13.6. The number of carbonyl (C=O) groups is 1. The number of ether oxygens (including phenoxy) is 2. The predicted octanol–water partition coefficient (Wildman–Crippen LogP) is 6.30. The second-order valence-corrected chi connectivity index (χ2v) is 19.4. The van der Waals surface area contributed by atoms with E-state index in [4.69, 9.17) is 21.1 Å². The van der Waals surface area contributed by atoms with E-state index in [2.05, 4.69) is 50.6 Å². The largest absolute Gasteiger partial charge is 0.490 e. The van der Waals surface area contributed by atoms with Gasteiger partial charge in [-0.15, -0.1) is 0 Å². The lowest BCUT2D eigenvalue weighted by Gasteiger charge is -2.53. The van der Waals surface area contributed by atoms with Crippen LogP contribution in [0.3, 0.4) is 0 Å². The lowest BCUT2D eigenvalue weighted by atomic mass is 9.63. The zero-order chi connectivity index (χ0) is 37.0. The number of benzene rings is 2. The maximum Gasteiger partial charge on any atom is 0.264 e. The predicted molar refractivity (Wildman–Crippen MR) is 211 cm³/mol. The Kier molecular flexibility index (Phi) is 10.4. The quantitative estimate of drug-likeness (QED) is 0.365. The highest BCUT2D eigenvalue weighted by molar-refractivity contribution is 7.90. The molecule has 2 aromatic rings. The number of halogens is 1. The third-order valence-electron chi connectivity index (χ3n) is 13.9. The SMILES string of the molecule is CO[C@@]1(CN2CCN3CCCC[C@@H]3C2)/C=C\[C@H](C)[C@H](C)CS(=O)(=O)NC(=O)c2ccc3c(c2)N(C[C@@H]2CC[C@H]21)C[C@@]1(CCCc2cc(Cl)ccc21)CO3. The fourth-order valence-electron chi connectivity index (χ4n) is 10.5. The van der Waals surface area contributed by atoms with Crippen LogP contribution in [-0.2, 0) is 26.6 Å². The summed E-state index contributed by atoms with van der Waals surface area (Å²) in [6.45, 7) is 11.3. The van der Waals surface area contributed by atoms with E-state index in [1.165, 1.54) is 36.9 Å². The van der Waals surface area contributed by atoms with Gasteiger partial charge >= 0.3 is 0 Å². The fraction of sp³-hybridized carbons (Fsp3) is 0.643. The number of anilines is 1. The molecule has 53 heavy (non-hydrogen) atoms. The molecule has 0 radical (unpaired) electrons. The van der Waals surface area contributed by atoms with Gasteiger partial charge in [0.05, 0.1) is 18.0 Å². The summed E-state index contributed by atoms with van der Waals surface area (Å²) < 4.78 is 42.8. The van der Waals surface area contributed by atoms with Crippen molar-refractivity contribution in [2.45, 2.75) is 82.3 Å². The summed E-state index contributed by atoms with van der Waals surface area (Å²) in [5.74, 6) is 0.361. The number of methoxy groups -OCH3 is 1. The molecule has 8 rings (SSSR count). The Balaban J connectivity index is 1.19. The van der Waals surface area contributed by atoms with Crippen molar-refractivity contribution in [3.63, 3.8) is 0 Å². The first-order chi connectivity index (χ1) is 25.5. The van der Waals surface area contributed by atoms with E-state index in [-0.39, 0.29) is 28.9 Å². The van der Waals surface area contributed by atoms with Crippen molar-refractivity contribution >= 4 is 33.2 Å². The smallest absolute Gasteiger partial charge is 0.264 e. The van der Waals surface area contributed by atoms with Gasteiger partial charge in [0, 0.05) is 68.4 Å². The molecule has 4 heterocycles. The zero-order valence-electron chi connectivity index (χ0n) is 31.7. The Morgan fingerprint density at radius 2 is 1.89 bits per heavy atom. The molecule has 1 N–H and O–H groups in total. The number of aryl methyl sites for hydroxylation is 1. The van der Waals surface area contributed by atoms with Crippen LogP contribution in [0.5, 0.6) is 5.75 Å². The number of nitrogens with one attached hydrogen (secondary N) is 1. The van der Waals surface area contributed by atoms with Gasteiger partial charge in [-0.2, -0.15) is 0 Å². The van der Waals surface area contributed by atoms with Crippen LogP contribution in [0.15, 0.2) is 48.6 Å². The molecule has 1 spiro atoms. The molecule has 9 nitrogen and oxygen atoms in total. The van der Waals surface area contributed by atoms with Gasteiger partial charge < -0.3 is 14.4 Å². The minimum atomic E-state index is -3.90. The number of nitrogens with zero attached hydrogens (tertiary/aromatic N) is 3. The van der Waals surface area contributed by atoms with E-state index in [1.54, 1.807) is 6.07 Å². The van der Waals surface area contributed by atoms with Crippen LogP contribution in [0, 0.1) is 23.7 Å². The van der Waals surface area contributed by atoms with Crippen LogP contribution in [-0.4, -0.2) is 101 Å². The van der Waals surface area contributed by atoms with Gasteiger partial charge in [0.2, 0.25) is 10.0 Å². The molecule has 2 saturated heterocycles. The van der Waals surface area contributed by atoms with E-state index < -0.39 is 21.5 Å². The summed E-state index contributed by atoms with van der Waals surface area (Å²) >= 11 is 6.51. The summed E-state index contributed by atoms with van der Waals surface area (Å²) in [5.41, 5.74) is 2.97. The first-order valence-corrected chi connectivity index (χ1v) is 22.1. The number of piperazine rings is 1. The molecule has 4 aliphatic heterocycles. The van der Waals surface area contributed by atoms with Crippen molar-refractivity contribution in [1.82, 2.24) is 14.5 Å². The van der Waals surface area contributed by atoms with Crippen molar-refractivity contribution in [3.05, 3.63) is 70.3 Å². The lowest BCUT2D eigenvalue weighted by molar-refractivity contribution is -0.100. The number of hydrogen-bond acceptors (Lipinski definition) is 8. The van der Waals surface area contributed by atoms with Crippen LogP contribution in [0.2, 0.25) is 5.02 Å². The topological polar surface area (TPSA) is 91.4 Å². The maximum absolute atomic E-state index is 13.6. The average Bonchev–Trinajstić information content (AvgIpc) is 3.27. The van der Waals surface area contributed by atoms with Gasteiger partial charge in [0.1, 0.15) is 11.4 Å². The first-order valence-electron chi connectivity index (χ1n) is 20.0. The summed E-state index contributed by atoms with van der Waals surface area (Å²) in [5, 5.41) is 0.754. The molecule has 3 fully saturated rings. The minimum Gasteiger partial charge on any atom is -0.490 e. The van der Waals surface area contributed by atoms with Crippen LogP contribution in [0.1, 0.15) is 80.3 Å². The summed E-state index contributed by atoms with van der Waals surface area (Å²) in [6.07, 6.45) is 13.5. The van der Waals surface area contributed by atoms with Crippen LogP contribution < -0.4 is 14.4 Å². The third-order valence-corrected chi connectivity index (χ3v) is 15.6. The average molecular weight is 765 g/mol. The van der Waals surface area contributed by atoms with E-state index in [9.17, 15) is 13.2 Å². The third kappa shape index (κ3) is 7.40. The van der Waals surface area contributed by atoms with Crippen molar-refractivity contribution in [2.24, 2.45) is 23.7 Å². The van der Waals surface area contributed by atoms with Gasteiger partial charge in [-0.3, -0.25) is 14.6 Å². The molecule has 2 aromatic carbocycles. The molecule has 1 amide bonds. The van der Waals surface area contributed by atoms with Crippen LogP contribution in [0.25, 0.3) is 0 Å². The molecule has 0 unspecified atom stereocenters. The Morgan fingerprint density at radius 1 is 1.02 bits per heavy atom. The molecule has 7 atom stereocenters. The van der Waals surface area contributed by atoms with Crippen LogP contribution >= 0.6 is 11.6 Å². The molecule has 11 heteroatoms. The normalized spacial score (nSPS) is 35.4. The highest BCUT2D eigenvalue weighted by Crippen LogP contribution is 2.49. The van der Waals surface area contributed by atoms with Crippen LogP contribution in [0.4, 0.5) is 5.69 Å². The van der Waals surface area contributed by atoms with Gasteiger partial charge in [-0.05, 0) is 117 Å². The Bertz CT molecular complexity index is 1840. The number of allylic oxidation sites excluding steroid dienone is 1. The molecule has 1 saturated carbocycles. The number of hydrogen-bond donors (Lipinski definition) is 1. The number of rotatable bonds is 3. The van der Waals surface area contributed by atoms with Crippen molar-refractivity contribution in [2.75, 3.05) is 70.2 Å². The van der Waals surface area contributed by atoms with E-state index >= 15 is 0 Å². The summed E-state index contributed by atoms with van der Waals surface area (Å²) in [4.78, 5) is 21.4. The van der Waals surface area contributed by atoms with Crippen molar-refractivity contribution in [1.29, 1.82) is 0 Å². The van der Waals surface area contributed by atoms with Gasteiger partial charge in [0.25, 0.3) is 5.91 Å². The number of fused-ring (bicyclic) bond motifs is 5. The van der Waals surface area contributed by atoms with E-state index in [0.29, 0.717) is 24.1 Å². The summed E-state index contributed by atoms with van der Waals surface area (Å²) in [7, 11) is -2.02. The van der Waals surface area contributed by atoms with E-state index in [1.807, 2.05) is 32.2 Å². The molecule has 2 aliphatic carbocycles. The number of sulfonamides is 1. The van der Waals surface area contributed by atoms with Crippen molar-refractivity contribution in [3.8, 4) is 5.75 Å². The number of piperidine rings is 1. The van der Waals surface area contributed by atoms with Gasteiger partial charge in [0.15, 0.2) is 0 Å². The molecule has 6 aliphatic rings. The molecule has 0 aromatic heterocycles. The highest BCUT2D eigenvalue weighted by atomic mass is 35.5. The Morgan fingerprint density at radius 3 is 2.70 bits per heavy atom. The lowest BCUT2D eigenvalue weighted by Crippen LogP contribution is -2.61. The van der Waals surface area contributed by atoms with Crippen molar-refractivity contribution < 1.29 is 22.7 Å². The Labute approximate surface area is 321 Å². The number of amides is 1. The second-order valence-electron chi connectivity index (χ2n) is 17.2. The number of carbonyl (C=O) groups excluding carboxylic acids is 1. The fourth-order valence-corrected chi connectivity index (χ4v) is 12.2. The second kappa shape index (κ2) is 14.8. The standard InChI is InChI=1S/C42H57ClN4O5S/c1-29-15-17-42(51-3,27-45-19-20-46-18-5-4-8-35(46)24-45)37-12-9-33(37)23-47-26-41(16-6-7-31-21-34(43)11-13-36(31)41)28-52-39-14-10-32(22-38(39)47)40(48)44-53(49,50)25-30(29)2/h10-11,13-15,17,21-22,29-30,33,35,37H,4-9,12,16,18-20,23-28H2,1-3H3,(H,44,48)/b17-15-/t29-,30+,33-,35+,37+,41-,42+/m0/s1. The highest BCUT2D eigenvalue weighted by Gasteiger charge is 2.50. The molecule has 288 valence electrons.